The fraction of sp³-hybridized carbons (Fsp3) is 0.353. The van der Waals surface area contributed by atoms with Gasteiger partial charge in [-0.15, -0.1) is 0 Å². The number of hydrogen-bond donors (Lipinski definition) is 5. The largest absolute Gasteiger partial charge is 0.496 e. The van der Waals surface area contributed by atoms with Crippen molar-refractivity contribution in [2.45, 2.75) is 19.5 Å². The highest BCUT2D eigenvalue weighted by atomic mass is 16.5. The van der Waals surface area contributed by atoms with Crippen molar-refractivity contribution < 1.29 is 28.8 Å². The SMILES string of the molecule is COc1cccc(OC)c1Cn1cc2nc(N)nc(NCCOCNc3nc(NCCCO)c4nn(Cc5c(OC)cccc5OC)cc4n3)c2n1. The number of aliphatic hydroxyl groups excluding tert-OH is 1. The Morgan fingerprint density at radius 3 is 1.73 bits per heavy atom. The number of benzene rings is 2. The molecule has 6 rings (SSSR count). The summed E-state index contributed by atoms with van der Waals surface area (Å²) in [6.07, 6.45) is 4.18. The van der Waals surface area contributed by atoms with Crippen molar-refractivity contribution >= 4 is 45.6 Å². The van der Waals surface area contributed by atoms with Gasteiger partial charge in [-0.3, -0.25) is 9.36 Å². The van der Waals surface area contributed by atoms with Gasteiger partial charge in [-0.1, -0.05) is 12.1 Å². The van der Waals surface area contributed by atoms with Crippen LogP contribution in [0, 0.1) is 0 Å². The second-order valence-corrected chi connectivity index (χ2v) is 11.4. The van der Waals surface area contributed by atoms with Gasteiger partial charge in [-0.2, -0.15) is 20.2 Å². The molecule has 18 heteroatoms. The molecule has 6 N–H and O–H groups in total. The number of hydrogen-bond acceptors (Lipinski definition) is 16. The summed E-state index contributed by atoms with van der Waals surface area (Å²) in [6.45, 7) is 2.19. The van der Waals surface area contributed by atoms with Crippen LogP contribution in [0.25, 0.3) is 22.1 Å². The lowest BCUT2D eigenvalue weighted by Crippen LogP contribution is -2.16. The highest BCUT2D eigenvalue weighted by molar-refractivity contribution is 5.86. The van der Waals surface area contributed by atoms with Crippen LogP contribution in [0.1, 0.15) is 17.5 Å². The lowest BCUT2D eigenvalue weighted by molar-refractivity contribution is 0.162. The second kappa shape index (κ2) is 16.7. The Labute approximate surface area is 299 Å². The first-order valence-electron chi connectivity index (χ1n) is 16.5. The minimum absolute atomic E-state index is 0.0450. The minimum Gasteiger partial charge on any atom is -0.496 e. The maximum atomic E-state index is 9.32. The highest BCUT2D eigenvalue weighted by Gasteiger charge is 2.17. The molecule has 18 nitrogen and oxygen atoms in total. The summed E-state index contributed by atoms with van der Waals surface area (Å²) < 4.78 is 31.5. The van der Waals surface area contributed by atoms with Crippen LogP contribution in [0.2, 0.25) is 0 Å². The number of nitrogens with zero attached hydrogens (tertiary/aromatic N) is 8. The number of aromatic nitrogens is 8. The molecular formula is C34H42N12O6. The number of fused-ring (bicyclic) bond motifs is 2. The van der Waals surface area contributed by atoms with Crippen LogP contribution < -0.4 is 40.6 Å². The van der Waals surface area contributed by atoms with E-state index in [9.17, 15) is 5.11 Å². The molecule has 0 spiro atoms. The third-order valence-electron chi connectivity index (χ3n) is 8.04. The average Bonchev–Trinajstić information content (AvgIpc) is 3.76. The summed E-state index contributed by atoms with van der Waals surface area (Å²) in [5.74, 6) is 4.24. The topological polar surface area (TPSA) is 216 Å². The number of ether oxygens (including phenoxy) is 5. The molecule has 0 aliphatic carbocycles. The number of aliphatic hydroxyl groups is 1. The van der Waals surface area contributed by atoms with E-state index in [1.165, 1.54) is 0 Å². The Kier molecular flexibility index (Phi) is 11.5. The van der Waals surface area contributed by atoms with Crippen molar-refractivity contribution in [1.82, 2.24) is 39.5 Å². The van der Waals surface area contributed by atoms with Crippen LogP contribution in [0.4, 0.5) is 23.5 Å². The molecule has 0 bridgehead atoms. The fourth-order valence-corrected chi connectivity index (χ4v) is 5.63. The van der Waals surface area contributed by atoms with E-state index < -0.39 is 0 Å². The van der Waals surface area contributed by atoms with Crippen LogP contribution in [-0.4, -0.2) is 106 Å². The third kappa shape index (κ3) is 8.08. The standard InChI is InChI=1S/C34H42N12O6/c1-48-25-8-5-9-26(49-2)21(25)16-45-18-23-29(43-45)31(41-33(35)39-23)37-13-15-52-20-38-34-40-24-19-46(44-30(24)32(42-34)36-12-7-14-47)17-22-27(50-3)10-6-11-28(22)51-4/h5-6,8-11,18-19,47H,7,12-17,20H2,1-4H3,(H3,35,37,39,41)(H2,36,38,40,42). The molecule has 0 aliphatic heterocycles. The van der Waals surface area contributed by atoms with Crippen molar-refractivity contribution in [3.63, 3.8) is 0 Å². The molecule has 274 valence electrons. The van der Waals surface area contributed by atoms with Crippen LogP contribution in [0.15, 0.2) is 48.8 Å². The summed E-state index contributed by atoms with van der Waals surface area (Å²) in [7, 11) is 6.46. The lowest BCUT2D eigenvalue weighted by Gasteiger charge is -2.12. The molecule has 0 atom stereocenters. The van der Waals surface area contributed by atoms with Crippen molar-refractivity contribution in [2.24, 2.45) is 0 Å². The quantitative estimate of drug-likeness (QED) is 0.0602. The number of nitrogens with two attached hydrogens (primary N) is 1. The molecule has 4 aromatic heterocycles. The Balaban J connectivity index is 1.09. The van der Waals surface area contributed by atoms with Gasteiger partial charge in [0.1, 0.15) is 40.8 Å². The van der Waals surface area contributed by atoms with E-state index in [1.807, 2.05) is 42.6 Å². The van der Waals surface area contributed by atoms with Gasteiger partial charge >= 0.3 is 0 Å². The van der Waals surface area contributed by atoms with Gasteiger partial charge in [0, 0.05) is 19.7 Å². The first-order valence-corrected chi connectivity index (χ1v) is 16.5. The van der Waals surface area contributed by atoms with Crippen LogP contribution in [0.5, 0.6) is 23.0 Å². The Morgan fingerprint density at radius 1 is 0.673 bits per heavy atom. The molecule has 0 unspecified atom stereocenters. The van der Waals surface area contributed by atoms with E-state index in [2.05, 4.69) is 35.9 Å². The van der Waals surface area contributed by atoms with Crippen LogP contribution in [-0.2, 0) is 17.8 Å². The van der Waals surface area contributed by atoms with Gasteiger partial charge in [0.25, 0.3) is 0 Å². The predicted octanol–water partition coefficient (Wildman–Crippen LogP) is 2.97. The van der Waals surface area contributed by atoms with Gasteiger partial charge < -0.3 is 50.5 Å². The van der Waals surface area contributed by atoms with E-state index in [1.54, 1.807) is 44.0 Å². The average molecular weight is 715 g/mol. The first kappa shape index (κ1) is 35.7. The molecule has 0 saturated heterocycles. The van der Waals surface area contributed by atoms with Crippen LogP contribution in [0.3, 0.4) is 0 Å². The molecule has 6 aromatic rings. The van der Waals surface area contributed by atoms with Gasteiger partial charge in [0.15, 0.2) is 22.7 Å². The summed E-state index contributed by atoms with van der Waals surface area (Å²) in [4.78, 5) is 18.0. The zero-order valence-electron chi connectivity index (χ0n) is 29.4. The zero-order chi connectivity index (χ0) is 36.5. The third-order valence-corrected chi connectivity index (χ3v) is 8.04. The number of anilines is 4. The Morgan fingerprint density at radius 2 is 1.19 bits per heavy atom. The summed E-state index contributed by atoms with van der Waals surface area (Å²) in [5, 5.41) is 28.4. The molecule has 0 fully saturated rings. The zero-order valence-corrected chi connectivity index (χ0v) is 29.4. The summed E-state index contributed by atoms with van der Waals surface area (Å²) >= 11 is 0. The van der Waals surface area contributed by atoms with Crippen molar-refractivity contribution in [1.29, 1.82) is 0 Å². The van der Waals surface area contributed by atoms with Crippen molar-refractivity contribution in [3.8, 4) is 23.0 Å². The molecule has 2 aromatic carbocycles. The molecule has 52 heavy (non-hydrogen) atoms. The number of methoxy groups -OCH3 is 4. The van der Waals surface area contributed by atoms with E-state index in [-0.39, 0.29) is 19.3 Å². The van der Waals surface area contributed by atoms with Gasteiger partial charge in [-0.05, 0) is 30.7 Å². The fourth-order valence-electron chi connectivity index (χ4n) is 5.63. The molecule has 0 radical (unpaired) electrons. The minimum atomic E-state index is 0.0450. The van der Waals surface area contributed by atoms with Gasteiger partial charge in [0.05, 0.1) is 71.7 Å². The van der Waals surface area contributed by atoms with E-state index in [0.717, 1.165) is 11.1 Å². The summed E-state index contributed by atoms with van der Waals surface area (Å²) in [6, 6.07) is 11.2. The second-order valence-electron chi connectivity index (χ2n) is 11.4. The van der Waals surface area contributed by atoms with E-state index in [4.69, 9.17) is 39.6 Å². The molecule has 0 aliphatic rings. The van der Waals surface area contributed by atoms with Crippen molar-refractivity contribution in [2.75, 3.05) is 83.2 Å². The number of nitrogen functional groups attached to an aromatic ring is 1. The summed E-state index contributed by atoms with van der Waals surface area (Å²) in [5.41, 5.74) is 10.1. The first-order chi connectivity index (χ1) is 25.4. The number of rotatable bonds is 19. The molecule has 0 amide bonds. The van der Waals surface area contributed by atoms with E-state index in [0.29, 0.717) is 102 Å². The Bertz CT molecular complexity index is 2080. The predicted molar refractivity (Wildman–Crippen MR) is 195 cm³/mol. The highest BCUT2D eigenvalue weighted by Crippen LogP contribution is 2.31. The molecule has 4 heterocycles. The smallest absolute Gasteiger partial charge is 0.227 e. The number of nitrogens with one attached hydrogen (secondary N) is 3. The Hall–Kier alpha value is -6.14. The molecule has 0 saturated carbocycles. The molecular weight excluding hydrogens is 672 g/mol. The maximum Gasteiger partial charge on any atom is 0.227 e. The monoisotopic (exact) mass is 714 g/mol. The maximum absolute atomic E-state index is 9.32. The van der Waals surface area contributed by atoms with Crippen LogP contribution >= 0.6 is 0 Å². The normalized spacial score (nSPS) is 11.2. The van der Waals surface area contributed by atoms with Gasteiger partial charge in [-0.25, -0.2) is 9.97 Å². The lowest BCUT2D eigenvalue weighted by atomic mass is 10.1. The van der Waals surface area contributed by atoms with E-state index >= 15 is 0 Å². The van der Waals surface area contributed by atoms with Gasteiger partial charge in [0.2, 0.25) is 11.9 Å². The van der Waals surface area contributed by atoms with Crippen molar-refractivity contribution in [3.05, 3.63) is 59.9 Å².